The first-order valence-corrected chi connectivity index (χ1v) is 8.53. The van der Waals surface area contributed by atoms with Gasteiger partial charge in [-0.2, -0.15) is 0 Å². The third-order valence-electron chi connectivity index (χ3n) is 3.99. The van der Waals surface area contributed by atoms with E-state index in [4.69, 9.17) is 4.74 Å². The summed E-state index contributed by atoms with van der Waals surface area (Å²) in [5, 5.41) is 3.56. The standard InChI is InChI=1S/C17H19FN2O2S/c1-11-15(10-12-2-4-14(18)5-3-12)23-17(19-11)20-16(21)13-6-8-22-9-7-13/h2-5,13H,6-10H2,1H3,(H,19,20,21). The predicted octanol–water partition coefficient (Wildman–Crippen LogP) is 3.55. The molecule has 1 aromatic carbocycles. The number of aryl methyl sites for hydroxylation is 1. The molecule has 1 N–H and O–H groups in total. The number of carbonyl (C=O) groups excluding carboxylic acids is 1. The van der Waals surface area contributed by atoms with Crippen molar-refractivity contribution in [2.24, 2.45) is 5.92 Å². The molecule has 23 heavy (non-hydrogen) atoms. The molecule has 1 amide bonds. The van der Waals surface area contributed by atoms with E-state index in [9.17, 15) is 9.18 Å². The van der Waals surface area contributed by atoms with Gasteiger partial charge in [0.25, 0.3) is 0 Å². The number of rotatable bonds is 4. The zero-order valence-electron chi connectivity index (χ0n) is 13.0. The van der Waals surface area contributed by atoms with E-state index in [2.05, 4.69) is 10.3 Å². The van der Waals surface area contributed by atoms with Gasteiger partial charge in [0.1, 0.15) is 5.82 Å². The Balaban J connectivity index is 1.65. The molecule has 4 nitrogen and oxygen atoms in total. The lowest BCUT2D eigenvalue weighted by Gasteiger charge is -2.20. The molecular weight excluding hydrogens is 315 g/mol. The van der Waals surface area contributed by atoms with Crippen molar-refractivity contribution in [2.75, 3.05) is 18.5 Å². The topological polar surface area (TPSA) is 51.2 Å². The highest BCUT2D eigenvalue weighted by Gasteiger charge is 2.22. The Morgan fingerprint density at radius 3 is 2.74 bits per heavy atom. The zero-order chi connectivity index (χ0) is 16.2. The van der Waals surface area contributed by atoms with Crippen LogP contribution in [0.5, 0.6) is 0 Å². The van der Waals surface area contributed by atoms with Gasteiger partial charge >= 0.3 is 0 Å². The highest BCUT2D eigenvalue weighted by molar-refractivity contribution is 7.15. The summed E-state index contributed by atoms with van der Waals surface area (Å²) in [6, 6.07) is 6.46. The van der Waals surface area contributed by atoms with Crippen LogP contribution < -0.4 is 5.32 Å². The zero-order valence-corrected chi connectivity index (χ0v) is 13.8. The normalized spacial score (nSPS) is 15.6. The molecule has 0 saturated carbocycles. The van der Waals surface area contributed by atoms with E-state index in [1.807, 2.05) is 6.92 Å². The van der Waals surface area contributed by atoms with E-state index < -0.39 is 0 Å². The maximum atomic E-state index is 13.0. The van der Waals surface area contributed by atoms with Crippen LogP contribution in [0.2, 0.25) is 0 Å². The van der Waals surface area contributed by atoms with Gasteiger partial charge in [0.05, 0.1) is 5.69 Å². The summed E-state index contributed by atoms with van der Waals surface area (Å²) in [6.45, 7) is 3.22. The Morgan fingerprint density at radius 2 is 2.04 bits per heavy atom. The summed E-state index contributed by atoms with van der Waals surface area (Å²) < 4.78 is 18.2. The van der Waals surface area contributed by atoms with E-state index in [0.29, 0.717) is 24.8 Å². The van der Waals surface area contributed by atoms with Crippen LogP contribution in [-0.2, 0) is 16.0 Å². The number of hydrogen-bond acceptors (Lipinski definition) is 4. The number of nitrogens with one attached hydrogen (secondary N) is 1. The van der Waals surface area contributed by atoms with Gasteiger partial charge in [-0.15, -0.1) is 11.3 Å². The maximum absolute atomic E-state index is 13.0. The second kappa shape index (κ2) is 7.19. The van der Waals surface area contributed by atoms with Crippen LogP contribution in [0.25, 0.3) is 0 Å². The molecule has 6 heteroatoms. The lowest BCUT2D eigenvalue weighted by Crippen LogP contribution is -2.28. The van der Waals surface area contributed by atoms with Crippen molar-refractivity contribution in [3.8, 4) is 0 Å². The second-order valence-electron chi connectivity index (χ2n) is 5.71. The van der Waals surface area contributed by atoms with Crippen LogP contribution in [0.1, 0.15) is 29.0 Å². The molecule has 0 atom stereocenters. The Hall–Kier alpha value is -1.79. The maximum Gasteiger partial charge on any atom is 0.229 e. The van der Waals surface area contributed by atoms with Crippen molar-refractivity contribution in [1.29, 1.82) is 0 Å². The first-order chi connectivity index (χ1) is 11.1. The highest BCUT2D eigenvalue weighted by atomic mass is 32.1. The minimum absolute atomic E-state index is 0.00787. The van der Waals surface area contributed by atoms with Gasteiger partial charge < -0.3 is 10.1 Å². The number of carbonyl (C=O) groups is 1. The van der Waals surface area contributed by atoms with Gasteiger partial charge in [-0.1, -0.05) is 12.1 Å². The molecular formula is C17H19FN2O2S. The number of hydrogen-bond donors (Lipinski definition) is 1. The molecule has 1 aromatic heterocycles. The molecule has 1 fully saturated rings. The number of ether oxygens (including phenoxy) is 1. The quantitative estimate of drug-likeness (QED) is 0.930. The Kier molecular flexibility index (Phi) is 5.03. The van der Waals surface area contributed by atoms with Crippen molar-refractivity contribution in [1.82, 2.24) is 4.98 Å². The first-order valence-electron chi connectivity index (χ1n) is 7.71. The number of aromatic nitrogens is 1. The lowest BCUT2D eigenvalue weighted by molar-refractivity contribution is -0.122. The Morgan fingerprint density at radius 1 is 1.35 bits per heavy atom. The van der Waals surface area contributed by atoms with Gasteiger partial charge in [0, 0.05) is 30.4 Å². The predicted molar refractivity (Wildman–Crippen MR) is 88.2 cm³/mol. The van der Waals surface area contributed by atoms with E-state index in [0.717, 1.165) is 29.0 Å². The van der Waals surface area contributed by atoms with E-state index in [1.165, 1.54) is 23.5 Å². The summed E-state index contributed by atoms with van der Waals surface area (Å²) in [7, 11) is 0. The average Bonchev–Trinajstić information content (AvgIpc) is 2.90. The number of nitrogens with zero attached hydrogens (tertiary/aromatic N) is 1. The highest BCUT2D eigenvalue weighted by Crippen LogP contribution is 2.26. The molecule has 0 aliphatic carbocycles. The van der Waals surface area contributed by atoms with Crippen LogP contribution >= 0.6 is 11.3 Å². The third-order valence-corrected chi connectivity index (χ3v) is 5.07. The fourth-order valence-corrected chi connectivity index (χ4v) is 3.60. The van der Waals surface area contributed by atoms with Crippen LogP contribution in [0.15, 0.2) is 24.3 Å². The van der Waals surface area contributed by atoms with E-state index in [-0.39, 0.29) is 17.6 Å². The van der Waals surface area contributed by atoms with Crippen LogP contribution in [0.4, 0.5) is 9.52 Å². The molecule has 122 valence electrons. The van der Waals surface area contributed by atoms with E-state index >= 15 is 0 Å². The molecule has 1 aliphatic rings. The SMILES string of the molecule is Cc1nc(NC(=O)C2CCOCC2)sc1Cc1ccc(F)cc1. The second-order valence-corrected chi connectivity index (χ2v) is 6.79. The largest absolute Gasteiger partial charge is 0.381 e. The molecule has 2 aromatic rings. The summed E-state index contributed by atoms with van der Waals surface area (Å²) in [5.41, 5.74) is 1.93. The molecule has 0 spiro atoms. The number of thiazole rings is 1. The number of anilines is 1. The van der Waals surface area contributed by atoms with Crippen molar-refractivity contribution in [2.45, 2.75) is 26.2 Å². The smallest absolute Gasteiger partial charge is 0.229 e. The monoisotopic (exact) mass is 334 g/mol. The van der Waals surface area contributed by atoms with Gasteiger partial charge in [-0.3, -0.25) is 4.79 Å². The van der Waals surface area contributed by atoms with Gasteiger partial charge in [-0.05, 0) is 37.5 Å². The van der Waals surface area contributed by atoms with E-state index in [1.54, 1.807) is 12.1 Å². The van der Waals surface area contributed by atoms with Crippen molar-refractivity contribution in [3.05, 3.63) is 46.2 Å². The summed E-state index contributed by atoms with van der Waals surface area (Å²) in [5.74, 6) is -0.205. The van der Waals surface area contributed by atoms with Crippen LogP contribution in [0.3, 0.4) is 0 Å². The third kappa shape index (κ3) is 4.14. The van der Waals surface area contributed by atoms with Gasteiger partial charge in [0.15, 0.2) is 5.13 Å². The Bertz CT molecular complexity index is 678. The minimum Gasteiger partial charge on any atom is -0.381 e. The molecule has 0 radical (unpaired) electrons. The number of benzene rings is 1. The number of amides is 1. The molecule has 2 heterocycles. The molecule has 0 unspecified atom stereocenters. The first kappa shape index (κ1) is 16.1. The van der Waals surface area contributed by atoms with Crippen molar-refractivity contribution >= 4 is 22.4 Å². The van der Waals surface area contributed by atoms with Crippen molar-refractivity contribution < 1.29 is 13.9 Å². The summed E-state index contributed by atoms with van der Waals surface area (Å²) in [6.07, 6.45) is 2.22. The molecule has 3 rings (SSSR count). The molecule has 1 aliphatic heterocycles. The lowest BCUT2D eigenvalue weighted by atomic mass is 10.00. The Labute approximate surface area is 138 Å². The number of halogens is 1. The van der Waals surface area contributed by atoms with Gasteiger partial charge in [0.2, 0.25) is 5.91 Å². The fourth-order valence-electron chi connectivity index (χ4n) is 2.60. The van der Waals surface area contributed by atoms with Gasteiger partial charge in [-0.25, -0.2) is 9.37 Å². The average molecular weight is 334 g/mol. The molecule has 1 saturated heterocycles. The molecule has 0 bridgehead atoms. The summed E-state index contributed by atoms with van der Waals surface area (Å²) in [4.78, 5) is 17.8. The fraction of sp³-hybridized carbons (Fsp3) is 0.412. The summed E-state index contributed by atoms with van der Waals surface area (Å²) >= 11 is 1.48. The van der Waals surface area contributed by atoms with Crippen LogP contribution in [-0.4, -0.2) is 24.1 Å². The van der Waals surface area contributed by atoms with Crippen LogP contribution in [0, 0.1) is 18.7 Å². The minimum atomic E-state index is -0.237. The van der Waals surface area contributed by atoms with Crippen molar-refractivity contribution in [3.63, 3.8) is 0 Å².